The van der Waals surface area contributed by atoms with Gasteiger partial charge in [0, 0.05) is 23.3 Å². The van der Waals surface area contributed by atoms with E-state index in [0.717, 1.165) is 56.9 Å². The summed E-state index contributed by atoms with van der Waals surface area (Å²) in [6.45, 7) is 3.77. The minimum atomic E-state index is 0.0161. The van der Waals surface area contributed by atoms with Crippen LogP contribution in [-0.4, -0.2) is 50.2 Å². The van der Waals surface area contributed by atoms with Crippen molar-refractivity contribution in [3.05, 3.63) is 141 Å². The van der Waals surface area contributed by atoms with Crippen LogP contribution in [0, 0.1) is 0 Å². The molecule has 0 bridgehead atoms. The van der Waals surface area contributed by atoms with E-state index in [2.05, 4.69) is 91.0 Å². The maximum absolute atomic E-state index is 6.23. The highest BCUT2D eigenvalue weighted by Gasteiger charge is 2.23. The second-order valence-corrected chi connectivity index (χ2v) is 11.4. The van der Waals surface area contributed by atoms with Crippen LogP contribution in [0.5, 0.6) is 0 Å². The summed E-state index contributed by atoms with van der Waals surface area (Å²) in [5, 5.41) is 4.28. The molecular formula is C36H40ClN3O. The second-order valence-electron chi connectivity index (χ2n) is 10.9. The summed E-state index contributed by atoms with van der Waals surface area (Å²) in [7, 11) is 4.12. The first-order valence-electron chi connectivity index (χ1n) is 14.6. The number of benzene rings is 3. The number of fused-ring (bicyclic) bond motifs is 2. The summed E-state index contributed by atoms with van der Waals surface area (Å²) in [6, 6.07) is 31.4. The number of halogens is 1. The van der Waals surface area contributed by atoms with Crippen LogP contribution in [-0.2, 0) is 17.6 Å². The van der Waals surface area contributed by atoms with Gasteiger partial charge in [-0.15, -0.1) is 0 Å². The van der Waals surface area contributed by atoms with Gasteiger partial charge in [-0.1, -0.05) is 90.0 Å². The number of pyridine rings is 1. The predicted molar refractivity (Wildman–Crippen MR) is 170 cm³/mol. The molecule has 212 valence electrons. The van der Waals surface area contributed by atoms with E-state index in [1.807, 2.05) is 30.5 Å². The Hall–Kier alpha value is -3.28. The quantitative estimate of drug-likeness (QED) is 0.265. The average Bonchev–Trinajstić information content (AvgIpc) is 3.17. The van der Waals surface area contributed by atoms with E-state index in [9.17, 15) is 0 Å². The van der Waals surface area contributed by atoms with Crippen molar-refractivity contribution < 1.29 is 4.74 Å². The Morgan fingerprint density at radius 1 is 0.805 bits per heavy atom. The lowest BCUT2D eigenvalue weighted by atomic mass is 9.89. The molecule has 1 aromatic heterocycles. The van der Waals surface area contributed by atoms with Crippen molar-refractivity contribution in [2.45, 2.75) is 31.8 Å². The fraction of sp³-hybridized carbons (Fsp3) is 0.306. The highest BCUT2D eigenvalue weighted by molar-refractivity contribution is 6.30. The van der Waals surface area contributed by atoms with Gasteiger partial charge in [-0.2, -0.15) is 0 Å². The van der Waals surface area contributed by atoms with Crippen LogP contribution in [0.1, 0.15) is 52.5 Å². The Bertz CT molecular complexity index is 1390. The van der Waals surface area contributed by atoms with Gasteiger partial charge in [-0.05, 0) is 98.9 Å². The molecule has 1 aliphatic carbocycles. The second kappa shape index (κ2) is 14.6. The fourth-order valence-corrected chi connectivity index (χ4v) is 5.80. The molecule has 3 aromatic carbocycles. The van der Waals surface area contributed by atoms with Crippen molar-refractivity contribution in [2.75, 3.05) is 40.3 Å². The Morgan fingerprint density at radius 3 is 2.12 bits per heavy atom. The Balaban J connectivity index is 0.000000167. The van der Waals surface area contributed by atoms with Crippen LogP contribution in [0.2, 0.25) is 5.02 Å². The first-order valence-corrected chi connectivity index (χ1v) is 15.0. The minimum absolute atomic E-state index is 0.0161. The monoisotopic (exact) mass is 565 g/mol. The zero-order chi connectivity index (χ0) is 28.4. The molecule has 0 atom stereocenters. The standard InChI is InChI=1S/C19H19ClN2.C17H21NO/c20-16-5-6-17-15(12-16)4-3-14-2-1-9-22-19(14)18(17)13-7-10-21-11-8-13;1-18(2)13-14-19-17(15-9-5-3-6-10-15)16-11-7-4-8-12-16/h1-2,5-6,9,12,21H,3-4,7-8,10-11H2;3-12,17H,13-14H2,1-2H3. The third-order valence-corrected chi connectivity index (χ3v) is 7.95. The largest absolute Gasteiger partial charge is 0.367 e. The highest BCUT2D eigenvalue weighted by atomic mass is 35.5. The van der Waals surface area contributed by atoms with Gasteiger partial charge in [0.2, 0.25) is 0 Å². The van der Waals surface area contributed by atoms with Gasteiger partial charge >= 0.3 is 0 Å². The Kier molecular flexibility index (Phi) is 10.4. The van der Waals surface area contributed by atoms with Gasteiger partial charge in [0.1, 0.15) is 6.10 Å². The van der Waals surface area contributed by atoms with Crippen molar-refractivity contribution in [1.29, 1.82) is 0 Å². The molecule has 4 aromatic rings. The first kappa shape index (κ1) is 29.2. The van der Waals surface area contributed by atoms with Gasteiger partial charge in [-0.25, -0.2) is 0 Å². The van der Waals surface area contributed by atoms with Crippen molar-refractivity contribution in [3.63, 3.8) is 0 Å². The number of rotatable bonds is 6. The third kappa shape index (κ3) is 7.72. The SMILES string of the molecule is CN(C)CCOC(c1ccccc1)c1ccccc1.Clc1ccc2c(c1)CCc1cccnc1C2=C1CCNCC1. The summed E-state index contributed by atoms with van der Waals surface area (Å²) in [5.41, 5.74) is 10.5. The third-order valence-electron chi connectivity index (χ3n) is 7.72. The maximum Gasteiger partial charge on any atom is 0.108 e. The zero-order valence-corrected chi connectivity index (χ0v) is 24.9. The summed E-state index contributed by atoms with van der Waals surface area (Å²) < 4.78 is 6.08. The Labute approximate surface area is 250 Å². The lowest BCUT2D eigenvalue weighted by Gasteiger charge is -2.21. The summed E-state index contributed by atoms with van der Waals surface area (Å²) >= 11 is 6.23. The normalized spacial score (nSPS) is 14.7. The molecule has 1 saturated heterocycles. The number of likely N-dealkylation sites (N-methyl/N-ethyl adjacent to an activating group) is 1. The number of nitrogens with one attached hydrogen (secondary N) is 1. The first-order chi connectivity index (χ1) is 20.1. The van der Waals surface area contributed by atoms with Crippen molar-refractivity contribution in [1.82, 2.24) is 15.2 Å². The topological polar surface area (TPSA) is 37.4 Å². The lowest BCUT2D eigenvalue weighted by molar-refractivity contribution is 0.0687. The van der Waals surface area contributed by atoms with E-state index in [0.29, 0.717) is 0 Å². The van der Waals surface area contributed by atoms with Crippen LogP contribution < -0.4 is 5.32 Å². The summed E-state index contributed by atoms with van der Waals surface area (Å²) in [5.74, 6) is 0. The van der Waals surface area contributed by atoms with Crippen molar-refractivity contribution in [3.8, 4) is 0 Å². The van der Waals surface area contributed by atoms with Crippen LogP contribution in [0.15, 0.2) is 103 Å². The van der Waals surface area contributed by atoms with E-state index in [1.54, 1.807) is 0 Å². The van der Waals surface area contributed by atoms with Gasteiger partial charge in [-0.3, -0.25) is 4.98 Å². The van der Waals surface area contributed by atoms with Crippen LogP contribution in [0.3, 0.4) is 0 Å². The van der Waals surface area contributed by atoms with E-state index in [1.165, 1.54) is 44.7 Å². The number of aryl methyl sites for hydroxylation is 2. The predicted octanol–water partition coefficient (Wildman–Crippen LogP) is 7.37. The van der Waals surface area contributed by atoms with Gasteiger partial charge in [0.05, 0.1) is 12.3 Å². The highest BCUT2D eigenvalue weighted by Crippen LogP contribution is 2.37. The molecule has 41 heavy (non-hydrogen) atoms. The number of ether oxygens (including phenoxy) is 1. The molecule has 0 radical (unpaired) electrons. The minimum Gasteiger partial charge on any atom is -0.367 e. The van der Waals surface area contributed by atoms with Gasteiger partial charge < -0.3 is 15.0 Å². The van der Waals surface area contributed by atoms with Crippen molar-refractivity contribution >= 4 is 17.2 Å². The molecule has 4 nitrogen and oxygen atoms in total. The van der Waals surface area contributed by atoms with Crippen LogP contribution in [0.25, 0.3) is 5.57 Å². The van der Waals surface area contributed by atoms with Gasteiger partial charge in [0.15, 0.2) is 0 Å². The molecule has 6 rings (SSSR count). The number of hydrogen-bond acceptors (Lipinski definition) is 4. The van der Waals surface area contributed by atoms with E-state index in [4.69, 9.17) is 21.3 Å². The molecule has 0 spiro atoms. The van der Waals surface area contributed by atoms with Crippen LogP contribution in [0.4, 0.5) is 0 Å². The Morgan fingerprint density at radius 2 is 1.46 bits per heavy atom. The molecule has 1 N–H and O–H groups in total. The summed E-state index contributed by atoms with van der Waals surface area (Å²) in [4.78, 5) is 6.88. The van der Waals surface area contributed by atoms with E-state index in [-0.39, 0.29) is 6.10 Å². The number of aromatic nitrogens is 1. The molecule has 2 aliphatic rings. The molecule has 0 saturated carbocycles. The fourth-order valence-electron chi connectivity index (χ4n) is 5.61. The molecule has 1 fully saturated rings. The molecule has 0 amide bonds. The molecule has 1 aliphatic heterocycles. The summed E-state index contributed by atoms with van der Waals surface area (Å²) in [6.07, 6.45) is 6.21. The van der Waals surface area contributed by atoms with E-state index >= 15 is 0 Å². The number of piperidine rings is 1. The van der Waals surface area contributed by atoms with Crippen LogP contribution >= 0.6 is 11.6 Å². The molecule has 5 heteroatoms. The smallest absolute Gasteiger partial charge is 0.108 e. The number of hydrogen-bond donors (Lipinski definition) is 1. The average molecular weight is 566 g/mol. The van der Waals surface area contributed by atoms with Crippen molar-refractivity contribution in [2.24, 2.45) is 0 Å². The molecular weight excluding hydrogens is 526 g/mol. The molecule has 0 unspecified atom stereocenters. The maximum atomic E-state index is 6.23. The molecule has 2 heterocycles. The zero-order valence-electron chi connectivity index (χ0n) is 24.2. The van der Waals surface area contributed by atoms with Gasteiger partial charge in [0.25, 0.3) is 0 Å². The lowest BCUT2D eigenvalue weighted by Crippen LogP contribution is -2.24. The van der Waals surface area contributed by atoms with E-state index < -0.39 is 0 Å². The number of nitrogens with zero attached hydrogens (tertiary/aromatic N) is 2.